The van der Waals surface area contributed by atoms with Gasteiger partial charge in [0.1, 0.15) is 5.84 Å². The molecule has 0 aliphatic rings. The zero-order valence-corrected chi connectivity index (χ0v) is 10.1. The third-order valence-electron chi connectivity index (χ3n) is 2.08. The molecule has 1 rings (SSSR count). The average Bonchev–Trinajstić information content (AvgIpc) is 2.35. The average molecular weight is 274 g/mol. The van der Waals surface area contributed by atoms with Crippen molar-refractivity contribution in [2.24, 2.45) is 10.9 Å². The molecule has 0 atom stereocenters. The van der Waals surface area contributed by atoms with Crippen molar-refractivity contribution in [2.75, 3.05) is 6.61 Å². The lowest BCUT2D eigenvalue weighted by atomic mass is 10.3. The molecule has 8 heteroatoms. The summed E-state index contributed by atoms with van der Waals surface area (Å²) in [6.07, 6.45) is 0.827. The summed E-state index contributed by atoms with van der Waals surface area (Å²) in [6.45, 7) is 0.221. The fourth-order valence-corrected chi connectivity index (χ4v) is 1.41. The number of nitrogens with two attached hydrogens (primary N) is 1. The Hall–Kier alpha value is -2.02. The molecule has 0 saturated heterocycles. The molecule has 7 nitrogen and oxygen atoms in total. The first-order valence-corrected chi connectivity index (χ1v) is 5.45. The van der Waals surface area contributed by atoms with E-state index in [-0.39, 0.29) is 28.9 Å². The smallest absolute Gasteiger partial charge is 0.312 e. The highest BCUT2D eigenvalue weighted by Gasteiger charge is 2.15. The molecule has 0 aliphatic carbocycles. The molecular weight excluding hydrogens is 262 g/mol. The van der Waals surface area contributed by atoms with E-state index in [9.17, 15) is 10.1 Å². The van der Waals surface area contributed by atoms with E-state index in [0.717, 1.165) is 0 Å². The minimum Gasteiger partial charge on any atom is -0.487 e. The summed E-state index contributed by atoms with van der Waals surface area (Å²) in [5, 5.41) is 22.1. The lowest BCUT2D eigenvalue weighted by Crippen LogP contribution is -2.13. The minimum absolute atomic E-state index is 0.0872. The van der Waals surface area contributed by atoms with Gasteiger partial charge < -0.3 is 15.7 Å². The van der Waals surface area contributed by atoms with Gasteiger partial charge in [-0.2, -0.15) is 0 Å². The summed E-state index contributed by atoms with van der Waals surface area (Å²) in [4.78, 5) is 10.2. The van der Waals surface area contributed by atoms with Crippen LogP contribution in [0.3, 0.4) is 0 Å². The first kappa shape index (κ1) is 14.0. The van der Waals surface area contributed by atoms with Gasteiger partial charge in [0, 0.05) is 17.5 Å². The SMILES string of the molecule is N/C(CCCOc1ccc(Cl)cc1[N+](=O)[O-])=N\O. The Morgan fingerprint density at radius 2 is 2.33 bits per heavy atom. The van der Waals surface area contributed by atoms with Crippen LogP contribution in [-0.2, 0) is 0 Å². The Balaban J connectivity index is 2.59. The topological polar surface area (TPSA) is 111 Å². The number of hydrogen-bond donors (Lipinski definition) is 2. The molecular formula is C10H12ClN3O4. The molecule has 3 N–H and O–H groups in total. The van der Waals surface area contributed by atoms with Crippen molar-refractivity contribution in [1.29, 1.82) is 0 Å². The number of hydrogen-bond acceptors (Lipinski definition) is 5. The van der Waals surface area contributed by atoms with Gasteiger partial charge in [-0.05, 0) is 18.6 Å². The van der Waals surface area contributed by atoms with E-state index in [4.69, 9.17) is 27.3 Å². The van der Waals surface area contributed by atoms with Gasteiger partial charge in [-0.15, -0.1) is 0 Å². The van der Waals surface area contributed by atoms with Crippen LogP contribution in [0.25, 0.3) is 0 Å². The van der Waals surface area contributed by atoms with Crippen LogP contribution in [0.4, 0.5) is 5.69 Å². The monoisotopic (exact) mass is 273 g/mol. The highest BCUT2D eigenvalue weighted by Crippen LogP contribution is 2.29. The Morgan fingerprint density at radius 3 is 2.94 bits per heavy atom. The van der Waals surface area contributed by atoms with E-state index in [2.05, 4.69) is 5.16 Å². The fourth-order valence-electron chi connectivity index (χ4n) is 1.24. The second kappa shape index (κ2) is 6.65. The van der Waals surface area contributed by atoms with Crippen LogP contribution in [-0.4, -0.2) is 22.6 Å². The number of oxime groups is 1. The maximum Gasteiger partial charge on any atom is 0.312 e. The summed E-state index contributed by atoms with van der Waals surface area (Å²) >= 11 is 5.66. The molecule has 98 valence electrons. The number of amidine groups is 1. The molecule has 18 heavy (non-hydrogen) atoms. The van der Waals surface area contributed by atoms with Gasteiger partial charge in [0.25, 0.3) is 0 Å². The molecule has 0 radical (unpaired) electrons. The highest BCUT2D eigenvalue weighted by atomic mass is 35.5. The first-order valence-electron chi connectivity index (χ1n) is 5.07. The summed E-state index contributed by atoms with van der Waals surface area (Å²) in [7, 11) is 0. The third kappa shape index (κ3) is 4.10. The van der Waals surface area contributed by atoms with Gasteiger partial charge >= 0.3 is 5.69 Å². The number of benzene rings is 1. The minimum atomic E-state index is -0.565. The Kier molecular flexibility index (Phi) is 5.19. The molecule has 0 saturated carbocycles. The Morgan fingerprint density at radius 1 is 1.61 bits per heavy atom. The van der Waals surface area contributed by atoms with E-state index >= 15 is 0 Å². The van der Waals surface area contributed by atoms with Crippen LogP contribution in [0.15, 0.2) is 23.4 Å². The zero-order chi connectivity index (χ0) is 13.5. The Labute approximate surface area is 108 Å². The number of halogens is 1. The quantitative estimate of drug-likeness (QED) is 0.206. The second-order valence-corrected chi connectivity index (χ2v) is 3.85. The largest absolute Gasteiger partial charge is 0.487 e. The summed E-state index contributed by atoms with van der Waals surface area (Å²) in [5.74, 6) is 0.230. The van der Waals surface area contributed by atoms with E-state index in [0.29, 0.717) is 12.8 Å². The number of nitro benzene ring substituents is 1. The van der Waals surface area contributed by atoms with Crippen LogP contribution in [0.5, 0.6) is 5.75 Å². The molecule has 1 aromatic carbocycles. The van der Waals surface area contributed by atoms with Crippen molar-refractivity contribution < 1.29 is 14.9 Å². The maximum atomic E-state index is 10.8. The van der Waals surface area contributed by atoms with Crippen molar-refractivity contribution in [1.82, 2.24) is 0 Å². The van der Waals surface area contributed by atoms with Gasteiger partial charge in [0.05, 0.1) is 11.5 Å². The Bertz CT molecular complexity index is 464. The van der Waals surface area contributed by atoms with Gasteiger partial charge in [-0.3, -0.25) is 10.1 Å². The van der Waals surface area contributed by atoms with Crippen molar-refractivity contribution in [3.05, 3.63) is 33.3 Å². The van der Waals surface area contributed by atoms with E-state index in [1.54, 1.807) is 0 Å². The van der Waals surface area contributed by atoms with Gasteiger partial charge in [0.15, 0.2) is 5.75 Å². The van der Waals surface area contributed by atoms with Crippen LogP contribution in [0.2, 0.25) is 5.02 Å². The van der Waals surface area contributed by atoms with Gasteiger partial charge in [0.2, 0.25) is 0 Å². The van der Waals surface area contributed by atoms with Gasteiger partial charge in [-0.1, -0.05) is 16.8 Å². The van der Waals surface area contributed by atoms with Gasteiger partial charge in [-0.25, -0.2) is 0 Å². The van der Waals surface area contributed by atoms with Crippen molar-refractivity contribution in [3.8, 4) is 5.75 Å². The molecule has 0 heterocycles. The normalized spacial score (nSPS) is 11.3. The van der Waals surface area contributed by atoms with Crippen molar-refractivity contribution >= 4 is 23.1 Å². The predicted octanol–water partition coefficient (Wildman–Crippen LogP) is 2.15. The molecule has 1 aromatic rings. The highest BCUT2D eigenvalue weighted by molar-refractivity contribution is 6.30. The number of nitro groups is 1. The number of rotatable bonds is 6. The first-order chi connectivity index (χ1) is 8.54. The van der Waals surface area contributed by atoms with Crippen LogP contribution in [0.1, 0.15) is 12.8 Å². The van der Waals surface area contributed by atoms with E-state index in [1.165, 1.54) is 18.2 Å². The molecule has 0 amide bonds. The van der Waals surface area contributed by atoms with Crippen LogP contribution >= 0.6 is 11.6 Å². The standard InChI is InChI=1S/C10H12ClN3O4/c11-7-3-4-9(8(6-7)14(16)17)18-5-1-2-10(12)13-15/h3-4,6,15H,1-2,5H2,(H2,12,13). The summed E-state index contributed by atoms with van der Waals surface area (Å²) < 4.78 is 5.26. The number of nitrogens with zero attached hydrogens (tertiary/aromatic N) is 2. The molecule has 0 unspecified atom stereocenters. The predicted molar refractivity (Wildman–Crippen MR) is 66.2 cm³/mol. The molecule has 0 fully saturated rings. The molecule has 0 aliphatic heterocycles. The van der Waals surface area contributed by atoms with Crippen LogP contribution in [0, 0.1) is 10.1 Å². The van der Waals surface area contributed by atoms with Crippen molar-refractivity contribution in [2.45, 2.75) is 12.8 Å². The molecule has 0 aromatic heterocycles. The van der Waals surface area contributed by atoms with E-state index < -0.39 is 4.92 Å². The fraction of sp³-hybridized carbons (Fsp3) is 0.300. The summed E-state index contributed by atoms with van der Waals surface area (Å²) in [6, 6.07) is 4.16. The van der Waals surface area contributed by atoms with Crippen LogP contribution < -0.4 is 10.5 Å². The number of ether oxygens (including phenoxy) is 1. The lowest BCUT2D eigenvalue weighted by Gasteiger charge is -2.06. The summed E-state index contributed by atoms with van der Waals surface area (Å²) in [5.41, 5.74) is 5.08. The molecule has 0 bridgehead atoms. The molecule has 0 spiro atoms. The second-order valence-electron chi connectivity index (χ2n) is 3.41. The lowest BCUT2D eigenvalue weighted by molar-refractivity contribution is -0.385. The van der Waals surface area contributed by atoms with E-state index in [1.807, 2.05) is 0 Å². The zero-order valence-electron chi connectivity index (χ0n) is 9.38. The maximum absolute atomic E-state index is 10.8. The van der Waals surface area contributed by atoms with Crippen molar-refractivity contribution in [3.63, 3.8) is 0 Å². The third-order valence-corrected chi connectivity index (χ3v) is 2.32.